The van der Waals surface area contributed by atoms with Crippen LogP contribution in [0.2, 0.25) is 0 Å². The highest BCUT2D eigenvalue weighted by Gasteiger charge is 2.16. The van der Waals surface area contributed by atoms with Crippen LogP contribution in [0, 0.1) is 13.8 Å². The van der Waals surface area contributed by atoms with Gasteiger partial charge < -0.3 is 9.88 Å². The monoisotopic (exact) mass is 323 g/mol. The molecule has 0 fully saturated rings. The Labute approximate surface area is 132 Å². The Morgan fingerprint density at radius 1 is 1.18 bits per heavy atom. The molecular weight excluding hydrogens is 298 g/mol. The summed E-state index contributed by atoms with van der Waals surface area (Å²) in [7, 11) is -3.46. The van der Waals surface area contributed by atoms with Gasteiger partial charge in [0, 0.05) is 29.7 Å². The predicted octanol–water partition coefficient (Wildman–Crippen LogP) is 2.40. The molecule has 0 aliphatic rings. The van der Waals surface area contributed by atoms with Gasteiger partial charge in [0.25, 0.3) is 0 Å². The molecule has 0 spiro atoms. The molecule has 0 saturated carbocycles. The van der Waals surface area contributed by atoms with Crippen molar-refractivity contribution in [3.8, 4) is 0 Å². The Morgan fingerprint density at radius 2 is 1.86 bits per heavy atom. The van der Waals surface area contributed by atoms with E-state index in [0.717, 1.165) is 41.8 Å². The number of fused-ring (bicyclic) bond motifs is 1. The Morgan fingerprint density at radius 3 is 2.50 bits per heavy atom. The van der Waals surface area contributed by atoms with E-state index in [9.17, 15) is 8.42 Å². The number of sulfonamides is 1. The van der Waals surface area contributed by atoms with Gasteiger partial charge in [0.05, 0.1) is 4.90 Å². The third-order valence-electron chi connectivity index (χ3n) is 4.20. The van der Waals surface area contributed by atoms with Crippen molar-refractivity contribution >= 4 is 20.9 Å². The third kappa shape index (κ3) is 3.51. The number of nitrogens with one attached hydrogen (secondary N) is 2. The lowest BCUT2D eigenvalue weighted by atomic mass is 10.1. The Kier molecular flexibility index (Phi) is 5.26. The summed E-state index contributed by atoms with van der Waals surface area (Å²) in [6.45, 7) is 11.1. The molecule has 6 heteroatoms. The molecule has 0 bridgehead atoms. The van der Waals surface area contributed by atoms with Gasteiger partial charge in [0.1, 0.15) is 0 Å². The van der Waals surface area contributed by atoms with E-state index in [-0.39, 0.29) is 0 Å². The number of H-pyrrole nitrogens is 1. The summed E-state index contributed by atoms with van der Waals surface area (Å²) in [5.41, 5.74) is 3.13. The minimum absolute atomic E-state index is 0.321. The molecule has 0 unspecified atom stereocenters. The van der Waals surface area contributed by atoms with Gasteiger partial charge in [-0.15, -0.1) is 0 Å². The molecule has 2 N–H and O–H groups in total. The summed E-state index contributed by atoms with van der Waals surface area (Å²) >= 11 is 0. The van der Waals surface area contributed by atoms with Crippen molar-refractivity contribution in [3.05, 3.63) is 29.5 Å². The van der Waals surface area contributed by atoms with E-state index in [1.807, 2.05) is 19.9 Å². The van der Waals surface area contributed by atoms with Crippen molar-refractivity contribution < 1.29 is 8.42 Å². The van der Waals surface area contributed by atoms with E-state index >= 15 is 0 Å². The molecule has 22 heavy (non-hydrogen) atoms. The molecule has 0 aliphatic heterocycles. The largest absolute Gasteiger partial charge is 0.358 e. The molecule has 0 saturated heterocycles. The minimum atomic E-state index is -3.46. The molecule has 0 amide bonds. The summed E-state index contributed by atoms with van der Waals surface area (Å²) in [6.07, 6.45) is 0. The molecule has 0 atom stereocenters. The zero-order valence-corrected chi connectivity index (χ0v) is 14.5. The number of likely N-dealkylation sites (N-methyl/N-ethyl adjacent to an activating group) is 1. The molecule has 0 aliphatic carbocycles. The molecule has 1 heterocycles. The summed E-state index contributed by atoms with van der Waals surface area (Å²) < 4.78 is 27.5. The number of aromatic amines is 1. The summed E-state index contributed by atoms with van der Waals surface area (Å²) in [5, 5.41) is 0.962. The van der Waals surface area contributed by atoms with Crippen LogP contribution in [0.25, 0.3) is 10.9 Å². The molecule has 5 nitrogen and oxygen atoms in total. The number of nitrogens with zero attached hydrogens (tertiary/aromatic N) is 1. The van der Waals surface area contributed by atoms with Gasteiger partial charge in [0.15, 0.2) is 0 Å². The van der Waals surface area contributed by atoms with Crippen molar-refractivity contribution in [1.29, 1.82) is 0 Å². The fourth-order valence-electron chi connectivity index (χ4n) is 2.57. The Hall–Kier alpha value is -1.37. The maximum absolute atomic E-state index is 12.4. The second-order valence-corrected chi connectivity index (χ2v) is 7.27. The highest BCUT2D eigenvalue weighted by Crippen LogP contribution is 2.24. The maximum atomic E-state index is 12.4. The van der Waals surface area contributed by atoms with Gasteiger partial charge in [0.2, 0.25) is 10.0 Å². The lowest BCUT2D eigenvalue weighted by molar-refractivity contribution is 0.309. The molecule has 1 aromatic heterocycles. The van der Waals surface area contributed by atoms with Crippen LogP contribution in [-0.4, -0.2) is 44.5 Å². The fraction of sp³-hybridized carbons (Fsp3) is 0.500. The van der Waals surface area contributed by atoms with Crippen molar-refractivity contribution in [3.63, 3.8) is 0 Å². The maximum Gasteiger partial charge on any atom is 0.240 e. The normalized spacial score (nSPS) is 12.4. The van der Waals surface area contributed by atoms with Gasteiger partial charge in [-0.1, -0.05) is 13.8 Å². The van der Waals surface area contributed by atoms with Crippen LogP contribution < -0.4 is 4.72 Å². The van der Waals surface area contributed by atoms with Gasteiger partial charge >= 0.3 is 0 Å². The molecule has 1 aromatic carbocycles. The van der Waals surface area contributed by atoms with Crippen LogP contribution in [0.1, 0.15) is 25.1 Å². The molecule has 0 radical (unpaired) electrons. The fourth-order valence-corrected chi connectivity index (χ4v) is 3.62. The summed E-state index contributed by atoms with van der Waals surface area (Å²) in [5.74, 6) is 0. The number of benzene rings is 1. The zero-order valence-electron chi connectivity index (χ0n) is 13.7. The first-order chi connectivity index (χ1) is 10.4. The van der Waals surface area contributed by atoms with Gasteiger partial charge in [-0.3, -0.25) is 0 Å². The average Bonchev–Trinajstić information content (AvgIpc) is 2.78. The van der Waals surface area contributed by atoms with Crippen molar-refractivity contribution in [2.24, 2.45) is 0 Å². The number of hydrogen-bond donors (Lipinski definition) is 2. The zero-order chi connectivity index (χ0) is 16.3. The SMILES string of the molecule is CCN(CC)CCNS(=O)(=O)c1ccc2[nH]c(C)c(C)c2c1. The smallest absolute Gasteiger partial charge is 0.240 e. The topological polar surface area (TPSA) is 65.2 Å². The van der Waals surface area contributed by atoms with E-state index in [4.69, 9.17) is 0 Å². The standard InChI is InChI=1S/C16H25N3O2S/c1-5-19(6-2)10-9-17-22(20,21)14-7-8-16-15(11-14)12(3)13(4)18-16/h7-8,11,17-18H,5-6,9-10H2,1-4H3. The van der Waals surface area contributed by atoms with E-state index in [1.165, 1.54) is 0 Å². The first kappa shape index (κ1) is 17.0. The quantitative estimate of drug-likeness (QED) is 0.822. The van der Waals surface area contributed by atoms with E-state index in [1.54, 1.807) is 12.1 Å². The summed E-state index contributed by atoms with van der Waals surface area (Å²) in [6, 6.07) is 5.22. The predicted molar refractivity (Wildman–Crippen MR) is 90.7 cm³/mol. The Bertz CT molecular complexity index is 746. The number of hydrogen-bond acceptors (Lipinski definition) is 3. The first-order valence-corrected chi connectivity index (χ1v) is 9.18. The van der Waals surface area contributed by atoms with Crippen LogP contribution in [0.4, 0.5) is 0 Å². The van der Waals surface area contributed by atoms with E-state index in [2.05, 4.69) is 28.5 Å². The number of rotatable bonds is 7. The van der Waals surface area contributed by atoms with Crippen LogP contribution in [0.3, 0.4) is 0 Å². The van der Waals surface area contributed by atoms with E-state index in [0.29, 0.717) is 11.4 Å². The van der Waals surface area contributed by atoms with Gasteiger partial charge in [-0.2, -0.15) is 0 Å². The lowest BCUT2D eigenvalue weighted by Gasteiger charge is -2.18. The molecular formula is C16H25N3O2S. The average molecular weight is 323 g/mol. The Balaban J connectivity index is 2.17. The van der Waals surface area contributed by atoms with Crippen LogP contribution in [-0.2, 0) is 10.0 Å². The summed E-state index contributed by atoms with van der Waals surface area (Å²) in [4.78, 5) is 5.76. The van der Waals surface area contributed by atoms with Crippen LogP contribution in [0.15, 0.2) is 23.1 Å². The van der Waals surface area contributed by atoms with Crippen LogP contribution >= 0.6 is 0 Å². The number of aryl methyl sites for hydroxylation is 2. The second-order valence-electron chi connectivity index (χ2n) is 5.51. The molecule has 2 aromatic rings. The molecule has 122 valence electrons. The van der Waals surface area contributed by atoms with Crippen LogP contribution in [0.5, 0.6) is 0 Å². The highest BCUT2D eigenvalue weighted by atomic mass is 32.2. The van der Waals surface area contributed by atoms with Crippen molar-refractivity contribution in [1.82, 2.24) is 14.6 Å². The van der Waals surface area contributed by atoms with Gasteiger partial charge in [-0.25, -0.2) is 13.1 Å². The number of aromatic nitrogens is 1. The van der Waals surface area contributed by atoms with Gasteiger partial charge in [-0.05, 0) is 50.7 Å². The molecule has 2 rings (SSSR count). The minimum Gasteiger partial charge on any atom is -0.358 e. The first-order valence-electron chi connectivity index (χ1n) is 7.70. The van der Waals surface area contributed by atoms with Crippen molar-refractivity contribution in [2.75, 3.05) is 26.2 Å². The van der Waals surface area contributed by atoms with Crippen molar-refractivity contribution in [2.45, 2.75) is 32.6 Å². The third-order valence-corrected chi connectivity index (χ3v) is 5.66. The second kappa shape index (κ2) is 6.81. The lowest BCUT2D eigenvalue weighted by Crippen LogP contribution is -2.34. The van der Waals surface area contributed by atoms with E-state index < -0.39 is 10.0 Å². The highest BCUT2D eigenvalue weighted by molar-refractivity contribution is 7.89.